The second kappa shape index (κ2) is 10.3. The molecule has 5 nitrogen and oxygen atoms in total. The van der Waals surface area contributed by atoms with E-state index in [4.69, 9.17) is 4.74 Å². The molecule has 188 valence electrons. The Kier molecular flexibility index (Phi) is 7.38. The van der Waals surface area contributed by atoms with Crippen LogP contribution in [-0.4, -0.2) is 49.1 Å². The Morgan fingerprint density at radius 3 is 2.43 bits per heavy atom. The minimum Gasteiger partial charge on any atom is -0.493 e. The van der Waals surface area contributed by atoms with E-state index in [-0.39, 0.29) is 36.9 Å². The maximum absolute atomic E-state index is 13.9. The van der Waals surface area contributed by atoms with Crippen LogP contribution in [0.15, 0.2) is 54.6 Å². The number of rotatable bonds is 6. The number of para-hydroxylation sites is 1. The number of nitrogens with zero attached hydrogens (tertiary/aromatic N) is 1. The minimum atomic E-state index is -4.68. The van der Waals surface area contributed by atoms with Crippen molar-refractivity contribution in [1.29, 1.82) is 0 Å². The van der Waals surface area contributed by atoms with Crippen LogP contribution >= 0.6 is 0 Å². The average molecular weight is 489 g/mol. The summed E-state index contributed by atoms with van der Waals surface area (Å²) in [4.78, 5) is 26.9. The fourth-order valence-corrected chi connectivity index (χ4v) is 5.49. The van der Waals surface area contributed by atoms with Crippen LogP contribution in [0.5, 0.6) is 5.75 Å². The van der Waals surface area contributed by atoms with Gasteiger partial charge in [0.05, 0.1) is 6.61 Å². The molecule has 0 bridgehead atoms. The Morgan fingerprint density at radius 2 is 1.77 bits per heavy atom. The zero-order valence-corrected chi connectivity index (χ0v) is 19.8. The van der Waals surface area contributed by atoms with Gasteiger partial charge in [0, 0.05) is 32.0 Å². The van der Waals surface area contributed by atoms with Crippen LogP contribution in [0.3, 0.4) is 0 Å². The Bertz CT molecular complexity index is 1030. The summed E-state index contributed by atoms with van der Waals surface area (Å²) in [6, 6.07) is 15.1. The second-order valence-corrected chi connectivity index (χ2v) is 9.49. The van der Waals surface area contributed by atoms with Gasteiger partial charge in [-0.05, 0) is 41.9 Å². The van der Waals surface area contributed by atoms with Gasteiger partial charge in [-0.1, -0.05) is 55.5 Å². The van der Waals surface area contributed by atoms with E-state index in [1.165, 1.54) is 29.2 Å². The van der Waals surface area contributed by atoms with Gasteiger partial charge >= 0.3 is 6.18 Å². The minimum absolute atomic E-state index is 0.0435. The van der Waals surface area contributed by atoms with E-state index in [0.717, 1.165) is 17.7 Å². The van der Waals surface area contributed by atoms with Gasteiger partial charge < -0.3 is 15.0 Å². The van der Waals surface area contributed by atoms with Gasteiger partial charge in [-0.3, -0.25) is 9.59 Å². The van der Waals surface area contributed by atoms with Crippen molar-refractivity contribution in [1.82, 2.24) is 10.2 Å². The third-order valence-corrected chi connectivity index (χ3v) is 7.29. The summed E-state index contributed by atoms with van der Waals surface area (Å²) in [5.41, 5.74) is 0.506. The molecule has 0 radical (unpaired) electrons. The summed E-state index contributed by atoms with van der Waals surface area (Å²) >= 11 is 0. The molecule has 2 atom stereocenters. The first-order chi connectivity index (χ1) is 16.7. The number of likely N-dealkylation sites (tertiary alicyclic amines) is 1. The number of amides is 2. The number of hydrogen-bond donors (Lipinski definition) is 1. The highest BCUT2D eigenvalue weighted by Gasteiger charge is 2.51. The topological polar surface area (TPSA) is 58.6 Å². The van der Waals surface area contributed by atoms with Crippen LogP contribution in [-0.2, 0) is 9.59 Å². The number of alkyl halides is 3. The Labute approximate surface area is 203 Å². The Morgan fingerprint density at radius 1 is 1.11 bits per heavy atom. The van der Waals surface area contributed by atoms with Gasteiger partial charge in [-0.2, -0.15) is 13.2 Å². The number of carbonyl (C=O) groups is 2. The van der Waals surface area contributed by atoms with Crippen LogP contribution in [0, 0.1) is 5.41 Å². The Balaban J connectivity index is 1.57. The van der Waals surface area contributed by atoms with Crippen molar-refractivity contribution < 1.29 is 27.5 Å². The van der Waals surface area contributed by atoms with E-state index in [2.05, 4.69) is 5.32 Å². The largest absolute Gasteiger partial charge is 0.493 e. The predicted octanol–water partition coefficient (Wildman–Crippen LogP) is 5.03. The summed E-state index contributed by atoms with van der Waals surface area (Å²) < 4.78 is 47.8. The third-order valence-electron chi connectivity index (χ3n) is 7.29. The summed E-state index contributed by atoms with van der Waals surface area (Å²) in [5, 5.41) is 2.96. The summed E-state index contributed by atoms with van der Waals surface area (Å²) in [6.07, 6.45) is -2.63. The highest BCUT2D eigenvalue weighted by Crippen LogP contribution is 2.51. The molecule has 2 aromatic rings. The molecule has 2 heterocycles. The van der Waals surface area contributed by atoms with Gasteiger partial charge in [-0.15, -0.1) is 0 Å². The maximum Gasteiger partial charge on any atom is 0.404 e. The predicted molar refractivity (Wildman–Crippen MR) is 126 cm³/mol. The summed E-state index contributed by atoms with van der Waals surface area (Å²) in [7, 11) is 0. The number of piperidine rings is 2. The molecule has 2 unspecified atom stereocenters. The monoisotopic (exact) mass is 488 g/mol. The number of hydrogen-bond acceptors (Lipinski definition) is 3. The lowest BCUT2D eigenvalue weighted by Gasteiger charge is -2.49. The van der Waals surface area contributed by atoms with Crippen molar-refractivity contribution in [2.75, 3.05) is 26.2 Å². The molecular formula is C27H31F3N2O3. The SMILES string of the molecule is CCCOc1ccccc1C1CNC(=O)CC12CCN(C(=O)C(c1ccccc1)C(F)(F)F)CC2. The molecule has 2 aliphatic heterocycles. The van der Waals surface area contributed by atoms with Gasteiger partial charge in [0.2, 0.25) is 11.8 Å². The third kappa shape index (κ3) is 5.31. The Hall–Kier alpha value is -3.03. The first-order valence-electron chi connectivity index (χ1n) is 12.1. The second-order valence-electron chi connectivity index (χ2n) is 9.49. The summed E-state index contributed by atoms with van der Waals surface area (Å²) in [6.45, 7) is 3.40. The van der Waals surface area contributed by atoms with E-state index in [1.807, 2.05) is 31.2 Å². The number of ether oxygens (including phenoxy) is 1. The molecule has 0 aromatic heterocycles. The van der Waals surface area contributed by atoms with Crippen molar-refractivity contribution in [2.24, 2.45) is 5.41 Å². The summed E-state index contributed by atoms with van der Waals surface area (Å²) in [5.74, 6) is -2.45. The number of carbonyl (C=O) groups excluding carboxylic acids is 2. The smallest absolute Gasteiger partial charge is 0.404 e. The van der Waals surface area contributed by atoms with E-state index >= 15 is 0 Å². The van der Waals surface area contributed by atoms with E-state index < -0.39 is 23.4 Å². The van der Waals surface area contributed by atoms with Crippen LogP contribution in [0.2, 0.25) is 0 Å². The van der Waals surface area contributed by atoms with Crippen molar-refractivity contribution >= 4 is 11.8 Å². The molecule has 2 aliphatic rings. The average Bonchev–Trinajstić information content (AvgIpc) is 2.83. The van der Waals surface area contributed by atoms with Crippen LogP contribution in [0.25, 0.3) is 0 Å². The molecule has 2 amide bonds. The van der Waals surface area contributed by atoms with E-state index in [1.54, 1.807) is 6.07 Å². The van der Waals surface area contributed by atoms with Gasteiger partial charge in [0.25, 0.3) is 0 Å². The fourth-order valence-electron chi connectivity index (χ4n) is 5.49. The molecule has 2 fully saturated rings. The van der Waals surface area contributed by atoms with E-state index in [9.17, 15) is 22.8 Å². The molecule has 0 aliphatic carbocycles. The normalized spacial score (nSPS) is 20.9. The van der Waals surface area contributed by atoms with Gasteiger partial charge in [-0.25, -0.2) is 0 Å². The highest BCUT2D eigenvalue weighted by molar-refractivity contribution is 5.85. The maximum atomic E-state index is 13.9. The van der Waals surface area contributed by atoms with Crippen LogP contribution < -0.4 is 10.1 Å². The van der Waals surface area contributed by atoms with Crippen molar-refractivity contribution in [3.63, 3.8) is 0 Å². The number of nitrogens with one attached hydrogen (secondary N) is 1. The van der Waals surface area contributed by atoms with Crippen molar-refractivity contribution in [3.05, 3.63) is 65.7 Å². The fraction of sp³-hybridized carbons (Fsp3) is 0.481. The van der Waals surface area contributed by atoms with Gasteiger partial charge in [0.1, 0.15) is 5.75 Å². The molecule has 1 spiro atoms. The first-order valence-corrected chi connectivity index (χ1v) is 12.1. The van der Waals surface area contributed by atoms with Crippen molar-refractivity contribution in [3.8, 4) is 5.75 Å². The van der Waals surface area contributed by atoms with Crippen LogP contribution in [0.4, 0.5) is 13.2 Å². The number of halogens is 3. The first kappa shape index (κ1) is 25.1. The molecule has 8 heteroatoms. The molecule has 2 saturated heterocycles. The molecule has 1 N–H and O–H groups in total. The number of benzene rings is 2. The molecule has 2 aromatic carbocycles. The zero-order chi connectivity index (χ0) is 25.1. The zero-order valence-electron chi connectivity index (χ0n) is 19.8. The lowest BCUT2D eigenvalue weighted by atomic mass is 9.62. The van der Waals surface area contributed by atoms with Crippen LogP contribution in [0.1, 0.15) is 55.6 Å². The van der Waals surface area contributed by atoms with Crippen molar-refractivity contribution in [2.45, 2.75) is 50.6 Å². The van der Waals surface area contributed by atoms with Gasteiger partial charge in [0.15, 0.2) is 5.92 Å². The molecule has 4 rings (SSSR count). The quantitative estimate of drug-likeness (QED) is 0.620. The van der Waals surface area contributed by atoms with E-state index in [0.29, 0.717) is 26.0 Å². The molecule has 35 heavy (non-hydrogen) atoms. The highest BCUT2D eigenvalue weighted by atomic mass is 19.4. The molecule has 0 saturated carbocycles. The lowest BCUT2D eigenvalue weighted by molar-refractivity contribution is -0.173. The lowest BCUT2D eigenvalue weighted by Crippen LogP contribution is -2.54. The molecular weight excluding hydrogens is 457 g/mol. The standard InChI is InChI=1S/C27H31F3N2O3/c1-2-16-35-22-11-7-6-10-20(22)21-18-31-23(33)17-26(21)12-14-32(15-13-26)25(34)24(27(28,29)30)19-8-4-3-5-9-19/h3-11,21,24H,2,12-18H2,1H3,(H,31,33).